The quantitative estimate of drug-likeness (QED) is 0.704. The minimum atomic E-state index is -4.72. The van der Waals surface area contributed by atoms with Gasteiger partial charge in [0.15, 0.2) is 0 Å². The van der Waals surface area contributed by atoms with Crippen LogP contribution in [-0.2, 0) is 17.7 Å². The van der Waals surface area contributed by atoms with E-state index in [9.17, 15) is 22.8 Å². The van der Waals surface area contributed by atoms with Gasteiger partial charge in [0.05, 0.1) is 12.7 Å². The molecule has 9 heteroatoms. The van der Waals surface area contributed by atoms with Crippen LogP contribution in [0.2, 0.25) is 0 Å². The van der Waals surface area contributed by atoms with Crippen LogP contribution in [0.3, 0.4) is 0 Å². The molecular formula is C19H19F3N2O4. The first-order valence-corrected chi connectivity index (χ1v) is 8.30. The second-order valence-electron chi connectivity index (χ2n) is 5.74. The number of amides is 2. The van der Waals surface area contributed by atoms with E-state index in [1.807, 2.05) is 0 Å². The van der Waals surface area contributed by atoms with Gasteiger partial charge in [0, 0.05) is 13.1 Å². The number of benzene rings is 2. The third kappa shape index (κ3) is 7.18. The number of nitrogens with one attached hydrogen (secondary N) is 2. The van der Waals surface area contributed by atoms with E-state index in [2.05, 4.69) is 20.1 Å². The summed E-state index contributed by atoms with van der Waals surface area (Å²) in [4.78, 5) is 23.1. The predicted octanol–water partition coefficient (Wildman–Crippen LogP) is 3.41. The Morgan fingerprint density at radius 2 is 1.54 bits per heavy atom. The van der Waals surface area contributed by atoms with Gasteiger partial charge in [0.1, 0.15) is 5.75 Å². The lowest BCUT2D eigenvalue weighted by Crippen LogP contribution is -2.36. The molecule has 0 aromatic heterocycles. The second-order valence-corrected chi connectivity index (χ2v) is 5.74. The van der Waals surface area contributed by atoms with E-state index < -0.39 is 12.3 Å². The smallest absolute Gasteiger partial charge is 0.465 e. The Hall–Kier alpha value is -3.23. The van der Waals surface area contributed by atoms with Crippen LogP contribution in [0.25, 0.3) is 0 Å². The van der Waals surface area contributed by atoms with Gasteiger partial charge >= 0.3 is 18.4 Å². The molecular weight excluding hydrogens is 377 g/mol. The summed E-state index contributed by atoms with van der Waals surface area (Å²) in [7, 11) is 1.30. The molecule has 0 radical (unpaired) electrons. The van der Waals surface area contributed by atoms with Gasteiger partial charge in [-0.3, -0.25) is 0 Å². The van der Waals surface area contributed by atoms with Gasteiger partial charge in [-0.05, 0) is 41.8 Å². The Kier molecular flexibility index (Phi) is 7.25. The molecule has 2 amide bonds. The van der Waals surface area contributed by atoms with Crippen molar-refractivity contribution in [1.29, 1.82) is 0 Å². The summed E-state index contributed by atoms with van der Waals surface area (Å²) in [6, 6.07) is 11.7. The number of ether oxygens (including phenoxy) is 2. The largest absolute Gasteiger partial charge is 0.573 e. The van der Waals surface area contributed by atoms with Gasteiger partial charge in [-0.1, -0.05) is 24.3 Å². The normalized spacial score (nSPS) is 10.9. The van der Waals surface area contributed by atoms with Crippen molar-refractivity contribution in [2.45, 2.75) is 19.3 Å². The van der Waals surface area contributed by atoms with E-state index in [1.165, 1.54) is 31.4 Å². The molecule has 150 valence electrons. The second kappa shape index (κ2) is 9.63. The maximum Gasteiger partial charge on any atom is 0.573 e. The lowest BCUT2D eigenvalue weighted by molar-refractivity contribution is -0.274. The fraction of sp³-hybridized carbons (Fsp3) is 0.263. The average Bonchev–Trinajstić information content (AvgIpc) is 2.66. The zero-order valence-electron chi connectivity index (χ0n) is 15.0. The minimum Gasteiger partial charge on any atom is -0.465 e. The maximum atomic E-state index is 12.1. The number of rotatable bonds is 7. The highest BCUT2D eigenvalue weighted by Crippen LogP contribution is 2.22. The van der Waals surface area contributed by atoms with E-state index in [0.717, 1.165) is 11.1 Å². The SMILES string of the molecule is COC(=O)c1ccc(CNC(=O)NCCc2ccc(OC(F)(F)F)cc2)cc1. The Labute approximate surface area is 159 Å². The number of esters is 1. The van der Waals surface area contributed by atoms with Crippen LogP contribution >= 0.6 is 0 Å². The number of halogens is 3. The minimum absolute atomic E-state index is 0.275. The van der Waals surface area contributed by atoms with Crippen molar-refractivity contribution in [3.05, 3.63) is 65.2 Å². The van der Waals surface area contributed by atoms with Crippen LogP contribution in [0, 0.1) is 0 Å². The van der Waals surface area contributed by atoms with Crippen LogP contribution in [0.1, 0.15) is 21.5 Å². The third-order valence-corrected chi connectivity index (χ3v) is 3.68. The van der Waals surface area contributed by atoms with Gasteiger partial charge in [-0.2, -0.15) is 0 Å². The summed E-state index contributed by atoms with van der Waals surface area (Å²) >= 11 is 0. The first-order valence-electron chi connectivity index (χ1n) is 8.30. The lowest BCUT2D eigenvalue weighted by Gasteiger charge is -2.10. The number of methoxy groups -OCH3 is 1. The fourth-order valence-electron chi connectivity index (χ4n) is 2.30. The van der Waals surface area contributed by atoms with Crippen molar-refractivity contribution in [2.75, 3.05) is 13.7 Å². The first kappa shape index (κ1) is 21.1. The molecule has 0 saturated carbocycles. The topological polar surface area (TPSA) is 76.7 Å². The molecule has 2 rings (SSSR count). The monoisotopic (exact) mass is 396 g/mol. The van der Waals surface area contributed by atoms with Crippen molar-refractivity contribution in [2.24, 2.45) is 0 Å². The van der Waals surface area contributed by atoms with Crippen LogP contribution < -0.4 is 15.4 Å². The standard InChI is InChI=1S/C19H19F3N2O4/c1-27-17(25)15-6-2-14(3-7-15)12-24-18(26)23-11-10-13-4-8-16(9-5-13)28-19(20,21)22/h2-9H,10-12H2,1H3,(H2,23,24,26). The molecule has 0 fully saturated rings. The molecule has 0 bridgehead atoms. The molecule has 0 aliphatic rings. The van der Waals surface area contributed by atoms with Crippen molar-refractivity contribution >= 4 is 12.0 Å². The van der Waals surface area contributed by atoms with Gasteiger partial charge in [0.2, 0.25) is 0 Å². The molecule has 2 aromatic carbocycles. The number of carbonyl (C=O) groups excluding carboxylic acids is 2. The fourth-order valence-corrected chi connectivity index (χ4v) is 2.30. The van der Waals surface area contributed by atoms with E-state index in [-0.39, 0.29) is 18.3 Å². The number of hydrogen-bond acceptors (Lipinski definition) is 4. The molecule has 0 heterocycles. The van der Waals surface area contributed by atoms with Crippen molar-refractivity contribution in [3.63, 3.8) is 0 Å². The molecule has 0 aliphatic heterocycles. The number of hydrogen-bond donors (Lipinski definition) is 2. The zero-order chi connectivity index (χ0) is 20.6. The molecule has 2 aromatic rings. The average molecular weight is 396 g/mol. The summed E-state index contributed by atoms with van der Waals surface area (Å²) in [5.74, 6) is -0.726. The predicted molar refractivity (Wildman–Crippen MR) is 94.8 cm³/mol. The van der Waals surface area contributed by atoms with Crippen molar-refractivity contribution < 1.29 is 32.2 Å². The van der Waals surface area contributed by atoms with Gasteiger partial charge in [-0.25, -0.2) is 9.59 Å². The number of urea groups is 1. The van der Waals surface area contributed by atoms with Crippen LogP contribution in [0.15, 0.2) is 48.5 Å². The summed E-state index contributed by atoms with van der Waals surface area (Å²) < 4.78 is 44.7. The molecule has 0 spiro atoms. The molecule has 0 saturated heterocycles. The van der Waals surface area contributed by atoms with Crippen molar-refractivity contribution in [3.8, 4) is 5.75 Å². The first-order chi connectivity index (χ1) is 13.3. The summed E-state index contributed by atoms with van der Waals surface area (Å²) in [5, 5.41) is 5.33. The Morgan fingerprint density at radius 1 is 0.929 bits per heavy atom. The molecule has 0 unspecified atom stereocenters. The van der Waals surface area contributed by atoms with E-state index in [4.69, 9.17) is 0 Å². The zero-order valence-corrected chi connectivity index (χ0v) is 15.0. The van der Waals surface area contributed by atoms with E-state index in [0.29, 0.717) is 18.5 Å². The Morgan fingerprint density at radius 3 is 2.11 bits per heavy atom. The lowest BCUT2D eigenvalue weighted by atomic mass is 10.1. The van der Waals surface area contributed by atoms with Crippen LogP contribution in [0.5, 0.6) is 5.75 Å². The van der Waals surface area contributed by atoms with E-state index in [1.54, 1.807) is 24.3 Å². The molecule has 6 nitrogen and oxygen atoms in total. The highest BCUT2D eigenvalue weighted by molar-refractivity contribution is 5.89. The van der Waals surface area contributed by atoms with Gasteiger partial charge in [0.25, 0.3) is 0 Å². The van der Waals surface area contributed by atoms with Crippen LogP contribution in [-0.4, -0.2) is 32.0 Å². The van der Waals surface area contributed by atoms with Crippen molar-refractivity contribution in [1.82, 2.24) is 10.6 Å². The third-order valence-electron chi connectivity index (χ3n) is 3.68. The molecule has 0 atom stereocenters. The molecule has 28 heavy (non-hydrogen) atoms. The maximum absolute atomic E-state index is 12.1. The highest BCUT2D eigenvalue weighted by Gasteiger charge is 2.30. The molecule has 2 N–H and O–H groups in total. The Balaban J connectivity index is 1.70. The summed E-state index contributed by atoms with van der Waals surface area (Å²) in [5.41, 5.74) is 1.98. The number of alkyl halides is 3. The van der Waals surface area contributed by atoms with Gasteiger partial charge in [-0.15, -0.1) is 13.2 Å². The van der Waals surface area contributed by atoms with E-state index >= 15 is 0 Å². The highest BCUT2D eigenvalue weighted by atomic mass is 19.4. The van der Waals surface area contributed by atoms with Gasteiger partial charge < -0.3 is 20.1 Å². The Bertz CT molecular complexity index is 790. The van der Waals surface area contributed by atoms with Crippen LogP contribution in [0.4, 0.5) is 18.0 Å². The molecule has 0 aliphatic carbocycles. The number of carbonyl (C=O) groups is 2. The summed E-state index contributed by atoms with van der Waals surface area (Å²) in [6.07, 6.45) is -4.27. The summed E-state index contributed by atoms with van der Waals surface area (Å²) in [6.45, 7) is 0.587.